The highest BCUT2D eigenvalue weighted by Crippen LogP contribution is 2.21. The van der Waals surface area contributed by atoms with E-state index in [0.717, 1.165) is 22.6 Å². The zero-order chi connectivity index (χ0) is 19.9. The lowest BCUT2D eigenvalue weighted by Gasteiger charge is -2.07. The van der Waals surface area contributed by atoms with Crippen molar-refractivity contribution in [2.24, 2.45) is 0 Å². The van der Waals surface area contributed by atoms with Crippen LogP contribution < -0.4 is 10.9 Å². The summed E-state index contributed by atoms with van der Waals surface area (Å²) < 4.78 is 0. The molecular formula is C19H19N5O2S2. The summed E-state index contributed by atoms with van der Waals surface area (Å²) in [7, 11) is 0. The fraction of sp³-hybridized carbons (Fsp3) is 0.211. The maximum atomic E-state index is 12.0. The fourth-order valence-electron chi connectivity index (χ4n) is 2.33. The molecule has 0 fully saturated rings. The third-order valence-corrected chi connectivity index (χ3v) is 5.37. The number of benzene rings is 1. The van der Waals surface area contributed by atoms with Crippen molar-refractivity contribution in [1.82, 2.24) is 25.8 Å². The predicted molar refractivity (Wildman–Crippen MR) is 110 cm³/mol. The number of carbonyl (C=O) groups is 2. The van der Waals surface area contributed by atoms with Crippen LogP contribution in [0.15, 0.2) is 46.9 Å². The van der Waals surface area contributed by atoms with Gasteiger partial charge in [-0.25, -0.2) is 15.0 Å². The van der Waals surface area contributed by atoms with Crippen LogP contribution in [-0.2, 0) is 16.0 Å². The van der Waals surface area contributed by atoms with Gasteiger partial charge in [-0.2, -0.15) is 0 Å². The lowest BCUT2D eigenvalue weighted by atomic mass is 10.1. The van der Waals surface area contributed by atoms with Crippen LogP contribution in [0.2, 0.25) is 0 Å². The molecule has 0 aliphatic carbocycles. The van der Waals surface area contributed by atoms with Crippen molar-refractivity contribution in [3.63, 3.8) is 0 Å². The fourth-order valence-corrected chi connectivity index (χ4v) is 3.81. The van der Waals surface area contributed by atoms with Crippen molar-refractivity contribution >= 4 is 34.9 Å². The third kappa shape index (κ3) is 5.86. The number of aryl methyl sites for hydroxylation is 2. The molecule has 2 aromatic heterocycles. The second-order valence-corrected chi connectivity index (χ2v) is 7.87. The lowest BCUT2D eigenvalue weighted by molar-refractivity contribution is -0.127. The molecular weight excluding hydrogens is 394 g/mol. The van der Waals surface area contributed by atoms with Crippen LogP contribution in [0.4, 0.5) is 0 Å². The van der Waals surface area contributed by atoms with Gasteiger partial charge >= 0.3 is 0 Å². The SMILES string of the molecule is Cc1cc(-c2ccccc2)nc(SCC(=O)NNC(=O)Cc2nc(C)cs2)n1. The zero-order valence-corrected chi connectivity index (χ0v) is 17.1. The molecule has 3 rings (SSSR count). The van der Waals surface area contributed by atoms with Gasteiger partial charge in [0.15, 0.2) is 5.16 Å². The standard InChI is InChI=1S/C19H19N5O2S2/c1-12-8-15(14-6-4-3-5-7-14)22-19(21-12)28-11-17(26)24-23-16(25)9-18-20-13(2)10-27-18/h3-8,10H,9,11H2,1-2H3,(H,23,25)(H,24,26). The van der Waals surface area contributed by atoms with E-state index >= 15 is 0 Å². The van der Waals surface area contributed by atoms with Crippen LogP contribution in [0.1, 0.15) is 16.4 Å². The number of hydrogen-bond acceptors (Lipinski definition) is 7. The van der Waals surface area contributed by atoms with Crippen LogP contribution in [0, 0.1) is 13.8 Å². The normalized spacial score (nSPS) is 10.5. The molecule has 0 saturated carbocycles. The minimum Gasteiger partial charge on any atom is -0.273 e. The van der Waals surface area contributed by atoms with Gasteiger partial charge in [-0.05, 0) is 19.9 Å². The summed E-state index contributed by atoms with van der Waals surface area (Å²) in [5.41, 5.74) is 8.30. The Morgan fingerprint density at radius 2 is 1.75 bits per heavy atom. The number of amides is 2. The Hall–Kier alpha value is -2.78. The van der Waals surface area contributed by atoms with Crippen molar-refractivity contribution in [2.45, 2.75) is 25.4 Å². The minimum atomic E-state index is -0.333. The maximum absolute atomic E-state index is 12.0. The van der Waals surface area contributed by atoms with Gasteiger partial charge in [0.1, 0.15) is 5.01 Å². The molecule has 2 N–H and O–H groups in total. The molecule has 0 atom stereocenters. The first-order valence-corrected chi connectivity index (χ1v) is 10.4. The van der Waals surface area contributed by atoms with Crippen molar-refractivity contribution in [1.29, 1.82) is 0 Å². The number of aromatic nitrogens is 3. The summed E-state index contributed by atoms with van der Waals surface area (Å²) in [4.78, 5) is 36.9. The minimum absolute atomic E-state index is 0.0916. The van der Waals surface area contributed by atoms with E-state index in [1.807, 2.05) is 55.6 Å². The lowest BCUT2D eigenvalue weighted by Crippen LogP contribution is -2.43. The maximum Gasteiger partial charge on any atom is 0.248 e. The van der Waals surface area contributed by atoms with E-state index in [0.29, 0.717) is 10.2 Å². The van der Waals surface area contributed by atoms with Crippen LogP contribution in [0.25, 0.3) is 11.3 Å². The predicted octanol–water partition coefficient (Wildman–Crippen LogP) is 2.70. The number of thioether (sulfide) groups is 1. The van der Waals surface area contributed by atoms with Crippen molar-refractivity contribution in [3.8, 4) is 11.3 Å². The number of rotatable bonds is 6. The van der Waals surface area contributed by atoms with E-state index in [2.05, 4.69) is 25.8 Å². The summed E-state index contributed by atoms with van der Waals surface area (Å²) in [5.74, 6) is -0.556. The van der Waals surface area contributed by atoms with Crippen LogP contribution >= 0.6 is 23.1 Å². The van der Waals surface area contributed by atoms with Gasteiger partial charge in [-0.1, -0.05) is 42.1 Å². The monoisotopic (exact) mass is 413 g/mol. The molecule has 9 heteroatoms. The molecule has 0 spiro atoms. The van der Waals surface area contributed by atoms with E-state index in [-0.39, 0.29) is 24.0 Å². The molecule has 2 amide bonds. The van der Waals surface area contributed by atoms with Gasteiger partial charge in [0, 0.05) is 22.3 Å². The first-order valence-electron chi connectivity index (χ1n) is 8.52. The van der Waals surface area contributed by atoms with E-state index in [9.17, 15) is 9.59 Å². The van der Waals surface area contributed by atoms with Gasteiger partial charge in [-0.15, -0.1) is 11.3 Å². The molecule has 1 aromatic carbocycles. The van der Waals surface area contributed by atoms with E-state index in [4.69, 9.17) is 0 Å². The van der Waals surface area contributed by atoms with Crippen LogP contribution in [-0.4, -0.2) is 32.5 Å². The van der Waals surface area contributed by atoms with E-state index < -0.39 is 0 Å². The van der Waals surface area contributed by atoms with Crippen molar-refractivity contribution in [3.05, 3.63) is 58.2 Å². The summed E-state index contributed by atoms with van der Waals surface area (Å²) in [5, 5.41) is 3.10. The second-order valence-electron chi connectivity index (χ2n) is 5.99. The molecule has 0 aliphatic rings. The number of nitrogens with zero attached hydrogens (tertiary/aromatic N) is 3. The van der Waals surface area contributed by atoms with Gasteiger partial charge in [0.25, 0.3) is 0 Å². The Morgan fingerprint density at radius 1 is 1.00 bits per heavy atom. The van der Waals surface area contributed by atoms with E-state index in [1.54, 1.807) is 0 Å². The summed E-state index contributed by atoms with van der Waals surface area (Å²) in [6.45, 7) is 3.76. The smallest absolute Gasteiger partial charge is 0.248 e. The number of hydrazine groups is 1. The summed E-state index contributed by atoms with van der Waals surface area (Å²) in [6.07, 6.45) is 0.132. The Balaban J connectivity index is 1.50. The van der Waals surface area contributed by atoms with Gasteiger partial charge in [0.2, 0.25) is 11.8 Å². The first-order chi connectivity index (χ1) is 13.5. The molecule has 7 nitrogen and oxygen atoms in total. The van der Waals surface area contributed by atoms with Gasteiger partial charge in [-0.3, -0.25) is 20.4 Å². The molecule has 0 bridgehead atoms. The zero-order valence-electron chi connectivity index (χ0n) is 15.4. The van der Waals surface area contributed by atoms with Crippen LogP contribution in [0.5, 0.6) is 0 Å². The molecule has 0 aliphatic heterocycles. The Labute approximate surface area is 171 Å². The second kappa shape index (κ2) is 9.43. The van der Waals surface area contributed by atoms with Crippen molar-refractivity contribution < 1.29 is 9.59 Å². The number of nitrogens with one attached hydrogen (secondary N) is 2. The average molecular weight is 414 g/mol. The summed E-state index contributed by atoms with van der Waals surface area (Å²) in [6, 6.07) is 11.7. The molecule has 2 heterocycles. The summed E-state index contributed by atoms with van der Waals surface area (Å²) >= 11 is 2.63. The largest absolute Gasteiger partial charge is 0.273 e. The van der Waals surface area contributed by atoms with Gasteiger partial charge < -0.3 is 0 Å². The molecule has 144 valence electrons. The topological polar surface area (TPSA) is 96.9 Å². The van der Waals surface area contributed by atoms with Gasteiger partial charge in [0.05, 0.1) is 17.9 Å². The number of carbonyl (C=O) groups excluding carboxylic acids is 2. The quantitative estimate of drug-likeness (QED) is 0.366. The van der Waals surface area contributed by atoms with Crippen molar-refractivity contribution in [2.75, 3.05) is 5.75 Å². The first kappa shape index (κ1) is 20.0. The number of hydrogen-bond donors (Lipinski definition) is 2. The Morgan fingerprint density at radius 3 is 2.46 bits per heavy atom. The van der Waals surface area contributed by atoms with E-state index in [1.165, 1.54) is 23.1 Å². The molecule has 0 unspecified atom stereocenters. The highest BCUT2D eigenvalue weighted by atomic mass is 32.2. The average Bonchev–Trinajstić information content (AvgIpc) is 3.09. The van der Waals surface area contributed by atoms with Crippen LogP contribution in [0.3, 0.4) is 0 Å². The Kier molecular flexibility index (Phi) is 6.72. The Bertz CT molecular complexity index is 975. The number of thiazole rings is 1. The molecule has 0 radical (unpaired) electrons. The highest BCUT2D eigenvalue weighted by Gasteiger charge is 2.11. The molecule has 28 heavy (non-hydrogen) atoms. The molecule has 3 aromatic rings. The third-order valence-electron chi connectivity index (χ3n) is 3.56. The molecule has 0 saturated heterocycles. The highest BCUT2D eigenvalue weighted by molar-refractivity contribution is 7.99.